The van der Waals surface area contributed by atoms with Gasteiger partial charge in [-0.15, -0.1) is 0 Å². The topological polar surface area (TPSA) is 14.2 Å². The van der Waals surface area contributed by atoms with Gasteiger partial charge in [0.1, 0.15) is 5.75 Å². The summed E-state index contributed by atoms with van der Waals surface area (Å²) in [6, 6.07) is 15.0. The molecular formula is C19H20ClNOSi. The van der Waals surface area contributed by atoms with Crippen LogP contribution in [0.4, 0.5) is 0 Å². The lowest BCUT2D eigenvalue weighted by Crippen LogP contribution is -2.29. The van der Waals surface area contributed by atoms with Gasteiger partial charge < -0.3 is 9.30 Å². The maximum Gasteiger partial charge on any atom is 0.163 e. The average molecular weight is 342 g/mol. The molecule has 0 saturated heterocycles. The lowest BCUT2D eigenvalue weighted by Gasteiger charge is -2.25. The first-order chi connectivity index (χ1) is 10.9. The third kappa shape index (κ3) is 2.00. The molecule has 0 saturated carbocycles. The summed E-state index contributed by atoms with van der Waals surface area (Å²) in [5.74, 6) is 0.897. The number of aromatic nitrogens is 1. The molecule has 2 aromatic carbocycles. The lowest BCUT2D eigenvalue weighted by atomic mass is 10.0. The normalized spacial score (nSPS) is 16.5. The number of ether oxygens (including phenoxy) is 1. The van der Waals surface area contributed by atoms with Gasteiger partial charge in [-0.2, -0.15) is 11.1 Å². The van der Waals surface area contributed by atoms with E-state index in [4.69, 9.17) is 15.8 Å². The minimum Gasteiger partial charge on any atom is -0.497 e. The van der Waals surface area contributed by atoms with Crippen molar-refractivity contribution in [1.29, 1.82) is 0 Å². The van der Waals surface area contributed by atoms with Gasteiger partial charge in [0.25, 0.3) is 0 Å². The highest BCUT2D eigenvalue weighted by Gasteiger charge is 2.43. The second kappa shape index (κ2) is 4.89. The van der Waals surface area contributed by atoms with E-state index in [2.05, 4.69) is 61.1 Å². The minimum absolute atomic E-state index is 0.318. The van der Waals surface area contributed by atoms with E-state index in [0.717, 1.165) is 5.75 Å². The zero-order chi connectivity index (χ0) is 16.4. The predicted molar refractivity (Wildman–Crippen MR) is 100 cm³/mol. The molecule has 118 valence electrons. The standard InChI is InChI=1S/C19H20ClNOSi/c1-21-16-10-9-12(22-2)11-15(16)17-13-7-5-6-8-14(13)19(18(17)21)23(3,4)20/h5-11,19H,1-4H3. The molecule has 1 heterocycles. The summed E-state index contributed by atoms with van der Waals surface area (Å²) < 4.78 is 7.77. The monoisotopic (exact) mass is 341 g/mol. The molecule has 2 nitrogen and oxygen atoms in total. The van der Waals surface area contributed by atoms with Crippen LogP contribution in [-0.2, 0) is 7.05 Å². The van der Waals surface area contributed by atoms with Crippen LogP contribution in [0, 0.1) is 0 Å². The molecule has 0 fully saturated rings. The summed E-state index contributed by atoms with van der Waals surface area (Å²) in [6.45, 7) is 4.48. The molecule has 0 amide bonds. The quantitative estimate of drug-likeness (QED) is 0.456. The van der Waals surface area contributed by atoms with Crippen LogP contribution in [0.5, 0.6) is 5.75 Å². The van der Waals surface area contributed by atoms with Crippen molar-refractivity contribution in [2.45, 2.75) is 18.6 Å². The number of hydrogen-bond donors (Lipinski definition) is 0. The molecule has 0 spiro atoms. The Labute approximate surface area is 142 Å². The Morgan fingerprint density at radius 1 is 1.13 bits per heavy atom. The molecule has 23 heavy (non-hydrogen) atoms. The van der Waals surface area contributed by atoms with Crippen molar-refractivity contribution in [3.63, 3.8) is 0 Å². The molecule has 1 unspecified atom stereocenters. The summed E-state index contributed by atoms with van der Waals surface area (Å²) in [5, 5.41) is 1.26. The van der Waals surface area contributed by atoms with Crippen LogP contribution in [0.25, 0.3) is 22.0 Å². The van der Waals surface area contributed by atoms with Crippen LogP contribution in [0.15, 0.2) is 42.5 Å². The van der Waals surface area contributed by atoms with E-state index in [1.807, 2.05) is 6.07 Å². The Hall–Kier alpha value is -1.71. The summed E-state index contributed by atoms with van der Waals surface area (Å²) in [5.41, 5.74) is 6.96. The Bertz CT molecular complexity index is 923. The number of halogens is 1. The number of methoxy groups -OCH3 is 1. The van der Waals surface area contributed by atoms with Crippen LogP contribution < -0.4 is 4.74 Å². The van der Waals surface area contributed by atoms with Crippen molar-refractivity contribution in [3.05, 3.63) is 53.7 Å². The molecule has 0 aliphatic heterocycles. The maximum atomic E-state index is 6.95. The third-order valence-corrected chi connectivity index (χ3v) is 7.56. The SMILES string of the molecule is COc1ccc2c(c1)c1c(n2C)C([Si](C)(C)Cl)c2ccccc2-1. The van der Waals surface area contributed by atoms with Gasteiger partial charge in [-0.3, -0.25) is 0 Å². The molecule has 1 aliphatic rings. The van der Waals surface area contributed by atoms with E-state index in [0.29, 0.717) is 5.54 Å². The van der Waals surface area contributed by atoms with E-state index in [1.54, 1.807) is 7.11 Å². The van der Waals surface area contributed by atoms with Crippen LogP contribution >= 0.6 is 11.1 Å². The Morgan fingerprint density at radius 3 is 2.57 bits per heavy atom. The Morgan fingerprint density at radius 2 is 1.87 bits per heavy atom. The fraction of sp³-hybridized carbons (Fsp3) is 0.263. The summed E-state index contributed by atoms with van der Waals surface area (Å²) in [6.07, 6.45) is 0. The second-order valence-corrected chi connectivity index (χ2v) is 13.4. The first-order valence-corrected chi connectivity index (χ1v) is 12.0. The highest BCUT2D eigenvalue weighted by molar-refractivity contribution is 7.20. The Balaban J connectivity index is 2.14. The largest absolute Gasteiger partial charge is 0.497 e. The molecule has 1 aromatic heterocycles. The number of aryl methyl sites for hydroxylation is 1. The van der Waals surface area contributed by atoms with Crippen molar-refractivity contribution in [1.82, 2.24) is 4.57 Å². The fourth-order valence-electron chi connectivity index (χ4n) is 4.01. The van der Waals surface area contributed by atoms with Gasteiger partial charge in [0.15, 0.2) is 7.38 Å². The molecule has 3 aromatic rings. The van der Waals surface area contributed by atoms with Gasteiger partial charge in [0.05, 0.1) is 7.11 Å². The van der Waals surface area contributed by atoms with Gasteiger partial charge in [0, 0.05) is 34.7 Å². The van der Waals surface area contributed by atoms with Crippen molar-refractivity contribution in [2.24, 2.45) is 7.05 Å². The molecule has 0 radical (unpaired) electrons. The van der Waals surface area contributed by atoms with Gasteiger partial charge >= 0.3 is 0 Å². The van der Waals surface area contributed by atoms with Gasteiger partial charge in [0.2, 0.25) is 0 Å². The molecule has 4 heteroatoms. The molecular weight excluding hydrogens is 322 g/mol. The van der Waals surface area contributed by atoms with Gasteiger partial charge in [-0.05, 0) is 29.3 Å². The van der Waals surface area contributed by atoms with Crippen LogP contribution in [0.1, 0.15) is 16.8 Å². The maximum absolute atomic E-state index is 6.95. The predicted octanol–water partition coefficient (Wildman–Crippen LogP) is 5.28. The van der Waals surface area contributed by atoms with Crippen molar-refractivity contribution >= 4 is 29.4 Å². The Kier molecular flexibility index (Phi) is 3.16. The van der Waals surface area contributed by atoms with E-state index < -0.39 is 7.38 Å². The number of hydrogen-bond acceptors (Lipinski definition) is 1. The minimum atomic E-state index is -1.92. The number of nitrogens with zero attached hydrogens (tertiary/aromatic N) is 1. The van der Waals surface area contributed by atoms with Gasteiger partial charge in [-0.25, -0.2) is 0 Å². The highest BCUT2D eigenvalue weighted by Crippen LogP contribution is 2.53. The number of fused-ring (bicyclic) bond motifs is 5. The lowest BCUT2D eigenvalue weighted by molar-refractivity contribution is 0.415. The smallest absolute Gasteiger partial charge is 0.163 e. The third-order valence-electron chi connectivity index (χ3n) is 4.95. The summed E-state index contributed by atoms with van der Waals surface area (Å²) >= 11 is 6.95. The molecule has 1 aliphatic carbocycles. The fourth-order valence-corrected chi connectivity index (χ4v) is 6.65. The first-order valence-electron chi connectivity index (χ1n) is 7.88. The zero-order valence-electron chi connectivity index (χ0n) is 13.9. The van der Waals surface area contributed by atoms with Crippen molar-refractivity contribution < 1.29 is 4.74 Å². The number of benzene rings is 2. The highest BCUT2D eigenvalue weighted by atomic mass is 35.6. The van der Waals surface area contributed by atoms with E-state index in [9.17, 15) is 0 Å². The molecule has 0 bridgehead atoms. The second-order valence-electron chi connectivity index (χ2n) is 6.79. The number of rotatable bonds is 2. The van der Waals surface area contributed by atoms with Crippen molar-refractivity contribution in [3.8, 4) is 16.9 Å². The van der Waals surface area contributed by atoms with Crippen LogP contribution in [0.2, 0.25) is 13.1 Å². The zero-order valence-corrected chi connectivity index (χ0v) is 15.6. The molecule has 4 rings (SSSR count). The van der Waals surface area contributed by atoms with E-state index in [1.165, 1.54) is 33.3 Å². The van der Waals surface area contributed by atoms with Crippen LogP contribution in [0.3, 0.4) is 0 Å². The summed E-state index contributed by atoms with van der Waals surface area (Å²) in [7, 11) is 1.95. The van der Waals surface area contributed by atoms with E-state index in [-0.39, 0.29) is 0 Å². The molecule has 0 N–H and O–H groups in total. The van der Waals surface area contributed by atoms with Crippen molar-refractivity contribution in [2.75, 3.05) is 7.11 Å². The first kappa shape index (κ1) is 14.9. The average Bonchev–Trinajstić information content (AvgIpc) is 3.01. The van der Waals surface area contributed by atoms with E-state index >= 15 is 0 Å². The van der Waals surface area contributed by atoms with Crippen LogP contribution in [-0.4, -0.2) is 19.1 Å². The van der Waals surface area contributed by atoms with Gasteiger partial charge in [-0.1, -0.05) is 37.4 Å². The molecule has 1 atom stereocenters. The summed E-state index contributed by atoms with van der Waals surface area (Å²) in [4.78, 5) is 0.